The predicted octanol–water partition coefficient (Wildman–Crippen LogP) is 11.5. The zero-order chi connectivity index (χ0) is 31.2. The number of benzene rings is 3. The minimum absolute atomic E-state index is 0.136. The molecule has 0 fully saturated rings. The van der Waals surface area contributed by atoms with Gasteiger partial charge in [-0.05, 0) is 0 Å². The topological polar surface area (TPSA) is 6.48 Å². The Kier molecular flexibility index (Phi) is 9.19. The molecule has 0 amide bonds. The third kappa shape index (κ3) is 6.06. The van der Waals surface area contributed by atoms with Gasteiger partial charge in [-0.2, -0.15) is 0 Å². The zero-order valence-corrected chi connectivity index (χ0v) is 29.7. The Morgan fingerprint density at radius 2 is 1.00 bits per heavy atom. The van der Waals surface area contributed by atoms with Gasteiger partial charge in [0.2, 0.25) is 0 Å². The second-order valence-electron chi connectivity index (χ2n) is 14.6. The predicted molar refractivity (Wildman–Crippen MR) is 184 cm³/mol. The summed E-state index contributed by atoms with van der Waals surface area (Å²) in [6.07, 6.45) is 7.32. The van der Waals surface area contributed by atoms with E-state index in [1.165, 1.54) is 44.8 Å². The number of anilines is 2. The number of fused-ring (bicyclic) bond motifs is 1. The molecule has 0 N–H and O–H groups in total. The first-order valence-corrected chi connectivity index (χ1v) is 17.9. The van der Waals surface area contributed by atoms with Crippen LogP contribution in [-0.4, -0.2) is 4.64 Å². The molecule has 1 heterocycles. The molecule has 5 rings (SSSR count). The third-order valence-electron chi connectivity index (χ3n) is 8.92. The van der Waals surface area contributed by atoms with Crippen molar-refractivity contribution in [3.8, 4) is 0 Å². The van der Waals surface area contributed by atoms with Crippen LogP contribution in [0.3, 0.4) is 0 Å². The molecule has 1 aliphatic heterocycles. The van der Waals surface area contributed by atoms with Crippen molar-refractivity contribution in [2.24, 2.45) is 5.41 Å². The van der Waals surface area contributed by atoms with E-state index in [9.17, 15) is 0 Å². The van der Waals surface area contributed by atoms with Gasteiger partial charge in [-0.25, -0.2) is 0 Å². The van der Waals surface area contributed by atoms with Crippen LogP contribution in [-0.2, 0) is 18.0 Å². The SMILES string of the molecule is CC(C)c1cccc(C(C)C)c1N1C=CN(c2c(C(C)C)cccc2C(C)C)[CH]1[Pd][C]1=Cc2ccccc2C1C(C)(C)C. The van der Waals surface area contributed by atoms with E-state index in [4.69, 9.17) is 0 Å². The molecule has 0 saturated carbocycles. The molecule has 3 aromatic rings. The molecule has 0 spiro atoms. The van der Waals surface area contributed by atoms with Crippen LogP contribution in [0.1, 0.15) is 139 Å². The van der Waals surface area contributed by atoms with Gasteiger partial charge in [0.1, 0.15) is 0 Å². The molecule has 0 saturated heterocycles. The molecule has 0 bridgehead atoms. The van der Waals surface area contributed by atoms with Gasteiger partial charge in [-0.15, -0.1) is 0 Å². The first-order chi connectivity index (χ1) is 20.3. The van der Waals surface area contributed by atoms with Crippen LogP contribution in [0, 0.1) is 5.41 Å². The Hall–Kier alpha value is -2.60. The molecule has 3 heteroatoms. The Morgan fingerprint density at radius 3 is 1.40 bits per heavy atom. The quantitative estimate of drug-likeness (QED) is 0.221. The van der Waals surface area contributed by atoms with E-state index in [1.807, 2.05) is 0 Å². The van der Waals surface area contributed by atoms with Crippen molar-refractivity contribution >= 4 is 17.5 Å². The monoisotopic (exact) mass is 666 g/mol. The molecule has 1 atom stereocenters. The van der Waals surface area contributed by atoms with E-state index >= 15 is 0 Å². The van der Waals surface area contributed by atoms with E-state index in [-0.39, 0.29) is 10.1 Å². The summed E-state index contributed by atoms with van der Waals surface area (Å²) >= 11 is 0.325. The normalized spacial score (nSPS) is 17.4. The molecule has 43 heavy (non-hydrogen) atoms. The Morgan fingerprint density at radius 1 is 0.581 bits per heavy atom. The summed E-state index contributed by atoms with van der Waals surface area (Å²) in [5.74, 6) is 2.17. The Labute approximate surface area is 270 Å². The molecule has 3 aromatic carbocycles. The van der Waals surface area contributed by atoms with Crippen LogP contribution >= 0.6 is 0 Å². The molecule has 2 aliphatic rings. The summed E-state index contributed by atoms with van der Waals surface area (Å²) in [6.45, 7) is 26.0. The maximum atomic E-state index is 2.66. The fourth-order valence-electron chi connectivity index (χ4n) is 6.76. The van der Waals surface area contributed by atoms with Gasteiger partial charge in [-0.3, -0.25) is 0 Å². The first kappa shape index (κ1) is 31.8. The standard InChI is InChI=1S/C27H37N2.C13H15.Pd/c1-18(2)22-11-9-12-23(19(3)4)26(22)28-15-16-29(17-28)27-24(20(5)6)13-10-14-25(27)21(7)8;1-13(2,3)12-9-8-10-6-4-5-7-11(10)12;/h9-21H,1-8H3;4-8,12H,1-3H3;. The summed E-state index contributed by atoms with van der Waals surface area (Å²) in [6, 6.07) is 23.0. The summed E-state index contributed by atoms with van der Waals surface area (Å²) in [4.78, 5) is 5.31. The van der Waals surface area contributed by atoms with E-state index in [1.54, 1.807) is 4.05 Å². The van der Waals surface area contributed by atoms with Crippen LogP contribution in [0.2, 0.25) is 0 Å². The summed E-state index contributed by atoms with van der Waals surface area (Å²) in [5.41, 5.74) is 11.6. The number of allylic oxidation sites excluding steroid dienone is 1. The third-order valence-corrected chi connectivity index (χ3v) is 11.4. The van der Waals surface area contributed by atoms with Gasteiger partial charge in [-0.1, -0.05) is 0 Å². The zero-order valence-electron chi connectivity index (χ0n) is 28.2. The number of hydrogen-bond acceptors (Lipinski definition) is 2. The fraction of sp³-hybridized carbons (Fsp3) is 0.450. The van der Waals surface area contributed by atoms with Gasteiger partial charge in [0.25, 0.3) is 0 Å². The van der Waals surface area contributed by atoms with E-state index in [0.717, 1.165) is 0 Å². The average molecular weight is 667 g/mol. The van der Waals surface area contributed by atoms with Crippen LogP contribution in [0.4, 0.5) is 11.4 Å². The van der Waals surface area contributed by atoms with Crippen molar-refractivity contribution in [2.45, 2.75) is 110 Å². The van der Waals surface area contributed by atoms with Crippen molar-refractivity contribution in [2.75, 3.05) is 9.80 Å². The van der Waals surface area contributed by atoms with E-state index in [2.05, 4.69) is 165 Å². The van der Waals surface area contributed by atoms with Gasteiger partial charge >= 0.3 is 272 Å². The number of nitrogens with zero attached hydrogens (tertiary/aromatic N) is 2. The van der Waals surface area contributed by atoms with Gasteiger partial charge < -0.3 is 0 Å². The summed E-state index contributed by atoms with van der Waals surface area (Å²) in [5, 5.41) is 0. The van der Waals surface area contributed by atoms with E-state index in [0.29, 0.717) is 47.6 Å². The van der Waals surface area contributed by atoms with Gasteiger partial charge in [0.15, 0.2) is 0 Å². The molecule has 2 nitrogen and oxygen atoms in total. The van der Waals surface area contributed by atoms with Crippen LogP contribution in [0.5, 0.6) is 0 Å². The Balaban J connectivity index is 1.72. The maximum absolute atomic E-state index is 2.66. The van der Waals surface area contributed by atoms with Gasteiger partial charge in [0, 0.05) is 0 Å². The molecule has 1 aliphatic carbocycles. The van der Waals surface area contributed by atoms with Crippen molar-refractivity contribution in [1.82, 2.24) is 0 Å². The van der Waals surface area contributed by atoms with E-state index < -0.39 is 0 Å². The summed E-state index contributed by atoms with van der Waals surface area (Å²) < 4.78 is 1.78. The fourth-order valence-corrected chi connectivity index (χ4v) is 9.87. The van der Waals surface area contributed by atoms with Crippen molar-refractivity contribution in [3.63, 3.8) is 0 Å². The molecule has 1 unspecified atom stereocenters. The average Bonchev–Trinajstić information content (AvgIpc) is 3.53. The number of rotatable bonds is 8. The van der Waals surface area contributed by atoms with Gasteiger partial charge in [0.05, 0.1) is 0 Å². The second kappa shape index (κ2) is 12.4. The van der Waals surface area contributed by atoms with Crippen molar-refractivity contribution in [1.29, 1.82) is 0 Å². The van der Waals surface area contributed by atoms with Crippen LogP contribution in [0.25, 0.3) is 6.08 Å². The number of para-hydroxylation sites is 2. The molecule has 0 aromatic heterocycles. The van der Waals surface area contributed by atoms with Crippen LogP contribution in [0.15, 0.2) is 77.1 Å². The number of hydrogen-bond donors (Lipinski definition) is 0. The molecule has 232 valence electrons. The summed E-state index contributed by atoms with van der Waals surface area (Å²) in [7, 11) is 0. The Bertz CT molecular complexity index is 1390. The second-order valence-corrected chi connectivity index (χ2v) is 16.7. The van der Waals surface area contributed by atoms with Crippen LogP contribution < -0.4 is 9.80 Å². The first-order valence-electron chi connectivity index (χ1n) is 16.2. The molecular formula is C40H52N2Pd. The van der Waals surface area contributed by atoms with Crippen molar-refractivity contribution in [3.05, 3.63) is 110 Å². The molecular weight excluding hydrogens is 615 g/mol. The minimum atomic E-state index is 0.136. The molecule has 0 radical (unpaired) electrons. The van der Waals surface area contributed by atoms with Crippen molar-refractivity contribution < 1.29 is 18.0 Å².